The Kier molecular flexibility index (Phi) is 4.00. The van der Waals surface area contributed by atoms with Crippen LogP contribution in [-0.4, -0.2) is 16.1 Å². The van der Waals surface area contributed by atoms with Crippen LogP contribution in [0.3, 0.4) is 0 Å². The molecule has 0 spiro atoms. The Morgan fingerprint density at radius 1 is 1.44 bits per heavy atom. The van der Waals surface area contributed by atoms with Gasteiger partial charge >= 0.3 is 5.97 Å². The molecule has 2 rings (SSSR count). The number of carbonyl (C=O) groups is 1. The van der Waals surface area contributed by atoms with Gasteiger partial charge in [-0.05, 0) is 49.1 Å². The summed E-state index contributed by atoms with van der Waals surface area (Å²) in [6.07, 6.45) is 7.63. The highest BCUT2D eigenvalue weighted by atomic mass is 16.4. The smallest absolute Gasteiger partial charge is 0.307 e. The number of hydrogen-bond acceptors (Lipinski definition) is 2. The van der Waals surface area contributed by atoms with E-state index in [1.165, 1.54) is 0 Å². The molecule has 1 heterocycles. The first kappa shape index (κ1) is 13.1. The van der Waals surface area contributed by atoms with Crippen molar-refractivity contribution in [1.29, 1.82) is 0 Å². The Morgan fingerprint density at radius 3 is 2.83 bits per heavy atom. The van der Waals surface area contributed by atoms with Gasteiger partial charge in [-0.25, -0.2) is 0 Å². The first-order valence-electron chi connectivity index (χ1n) is 6.76. The third-order valence-electron chi connectivity index (χ3n) is 4.18. The van der Waals surface area contributed by atoms with Gasteiger partial charge < -0.3 is 5.11 Å². The molecule has 0 saturated heterocycles. The minimum Gasteiger partial charge on any atom is -0.481 e. The fourth-order valence-electron chi connectivity index (χ4n) is 3.07. The largest absolute Gasteiger partial charge is 0.481 e. The molecule has 1 saturated carbocycles. The fraction of sp³-hybridized carbons (Fsp3) is 0.600. The van der Waals surface area contributed by atoms with E-state index in [0.29, 0.717) is 5.92 Å². The molecule has 1 N–H and O–H groups in total. The van der Waals surface area contributed by atoms with Crippen LogP contribution in [0.2, 0.25) is 0 Å². The van der Waals surface area contributed by atoms with Crippen LogP contribution >= 0.6 is 0 Å². The number of carboxylic acid groups (broad SMARTS) is 1. The van der Waals surface area contributed by atoms with Crippen LogP contribution < -0.4 is 0 Å². The Hall–Kier alpha value is -1.38. The lowest BCUT2D eigenvalue weighted by Crippen LogP contribution is -2.29. The van der Waals surface area contributed by atoms with Gasteiger partial charge in [0, 0.05) is 12.4 Å². The Labute approximate surface area is 108 Å². The van der Waals surface area contributed by atoms with Crippen LogP contribution in [0.5, 0.6) is 0 Å². The van der Waals surface area contributed by atoms with Crippen molar-refractivity contribution in [2.75, 3.05) is 0 Å². The number of aromatic nitrogens is 1. The Morgan fingerprint density at radius 2 is 2.22 bits per heavy atom. The molecule has 18 heavy (non-hydrogen) atoms. The van der Waals surface area contributed by atoms with Crippen molar-refractivity contribution in [3.63, 3.8) is 0 Å². The third-order valence-corrected chi connectivity index (χ3v) is 4.18. The van der Waals surface area contributed by atoms with E-state index in [-0.39, 0.29) is 11.8 Å². The van der Waals surface area contributed by atoms with Gasteiger partial charge in [-0.2, -0.15) is 0 Å². The van der Waals surface area contributed by atoms with Crippen molar-refractivity contribution in [2.24, 2.45) is 11.8 Å². The first-order valence-corrected chi connectivity index (χ1v) is 6.76. The summed E-state index contributed by atoms with van der Waals surface area (Å²) in [6, 6.07) is 2.09. The summed E-state index contributed by atoms with van der Waals surface area (Å²) in [4.78, 5) is 15.6. The molecule has 98 valence electrons. The van der Waals surface area contributed by atoms with Crippen LogP contribution in [-0.2, 0) is 4.79 Å². The quantitative estimate of drug-likeness (QED) is 0.890. The highest BCUT2D eigenvalue weighted by molar-refractivity contribution is 5.71. The fourth-order valence-corrected chi connectivity index (χ4v) is 3.07. The molecular formula is C15H21NO2. The van der Waals surface area contributed by atoms with Crippen LogP contribution in [0.25, 0.3) is 0 Å². The molecule has 0 amide bonds. The van der Waals surface area contributed by atoms with Crippen LogP contribution in [0.15, 0.2) is 18.5 Å². The minimum atomic E-state index is -0.656. The monoisotopic (exact) mass is 247 g/mol. The molecule has 0 aromatic carbocycles. The van der Waals surface area contributed by atoms with E-state index in [2.05, 4.69) is 18.0 Å². The maximum absolute atomic E-state index is 11.4. The molecule has 1 aromatic heterocycles. The molecule has 3 heteroatoms. The average molecular weight is 247 g/mol. The summed E-state index contributed by atoms with van der Waals surface area (Å²) in [6.45, 7) is 4.20. The van der Waals surface area contributed by atoms with E-state index < -0.39 is 5.97 Å². The number of rotatable bonds is 3. The normalized spacial score (nSPS) is 28.0. The minimum absolute atomic E-state index is 0.133. The second kappa shape index (κ2) is 5.51. The van der Waals surface area contributed by atoms with Crippen molar-refractivity contribution < 1.29 is 9.90 Å². The summed E-state index contributed by atoms with van der Waals surface area (Å²) in [5.41, 5.74) is 2.20. The van der Waals surface area contributed by atoms with Crippen molar-refractivity contribution in [1.82, 2.24) is 4.98 Å². The highest BCUT2D eigenvalue weighted by Crippen LogP contribution is 2.41. The molecule has 1 aliphatic carbocycles. The zero-order chi connectivity index (χ0) is 13.1. The van der Waals surface area contributed by atoms with E-state index in [4.69, 9.17) is 0 Å². The lowest BCUT2D eigenvalue weighted by Gasteiger charge is -2.33. The molecule has 1 fully saturated rings. The molecule has 0 aliphatic heterocycles. The number of aliphatic carboxylic acids is 1. The summed E-state index contributed by atoms with van der Waals surface area (Å²) in [5.74, 6) is -0.104. The molecule has 3 nitrogen and oxygen atoms in total. The Bertz CT molecular complexity index is 430. The summed E-state index contributed by atoms with van der Waals surface area (Å²) >= 11 is 0. The molecule has 1 aromatic rings. The second-order valence-electron chi connectivity index (χ2n) is 5.43. The SMILES string of the molecule is CCC1CCC(C(=O)O)C(c2cncc(C)c2)C1. The van der Waals surface area contributed by atoms with Gasteiger partial charge in [0.2, 0.25) is 0 Å². The maximum atomic E-state index is 11.4. The molecule has 0 radical (unpaired) electrons. The van der Waals surface area contributed by atoms with Crippen molar-refractivity contribution in [3.8, 4) is 0 Å². The third kappa shape index (κ3) is 2.71. The lowest BCUT2D eigenvalue weighted by molar-refractivity contribution is -0.143. The number of pyridine rings is 1. The van der Waals surface area contributed by atoms with Crippen LogP contribution in [0, 0.1) is 18.8 Å². The van der Waals surface area contributed by atoms with E-state index in [0.717, 1.165) is 36.8 Å². The molecule has 0 bridgehead atoms. The zero-order valence-electron chi connectivity index (χ0n) is 11.1. The Balaban J connectivity index is 2.27. The van der Waals surface area contributed by atoms with Gasteiger partial charge in [-0.1, -0.05) is 19.4 Å². The van der Waals surface area contributed by atoms with Crippen LogP contribution in [0.1, 0.15) is 49.7 Å². The van der Waals surface area contributed by atoms with Gasteiger partial charge in [0.15, 0.2) is 0 Å². The van der Waals surface area contributed by atoms with Crippen LogP contribution in [0.4, 0.5) is 0 Å². The summed E-state index contributed by atoms with van der Waals surface area (Å²) in [5, 5.41) is 9.38. The van der Waals surface area contributed by atoms with Gasteiger partial charge in [0.25, 0.3) is 0 Å². The average Bonchev–Trinajstić information content (AvgIpc) is 2.38. The van der Waals surface area contributed by atoms with E-state index >= 15 is 0 Å². The molecular weight excluding hydrogens is 226 g/mol. The van der Waals surface area contributed by atoms with Gasteiger partial charge in [-0.3, -0.25) is 9.78 Å². The number of nitrogens with zero attached hydrogens (tertiary/aromatic N) is 1. The molecule has 3 unspecified atom stereocenters. The number of aryl methyl sites for hydroxylation is 1. The maximum Gasteiger partial charge on any atom is 0.307 e. The van der Waals surface area contributed by atoms with Gasteiger partial charge in [0.1, 0.15) is 0 Å². The first-order chi connectivity index (χ1) is 8.61. The van der Waals surface area contributed by atoms with Gasteiger partial charge in [-0.15, -0.1) is 0 Å². The van der Waals surface area contributed by atoms with Crippen molar-refractivity contribution in [3.05, 3.63) is 29.6 Å². The van der Waals surface area contributed by atoms with Gasteiger partial charge in [0.05, 0.1) is 5.92 Å². The van der Waals surface area contributed by atoms with E-state index in [1.54, 1.807) is 0 Å². The predicted octanol–water partition coefficient (Wildman–Crippen LogP) is 3.38. The van der Waals surface area contributed by atoms with Crippen molar-refractivity contribution >= 4 is 5.97 Å². The van der Waals surface area contributed by atoms with E-state index in [9.17, 15) is 9.90 Å². The van der Waals surface area contributed by atoms with Crippen molar-refractivity contribution in [2.45, 2.75) is 45.4 Å². The lowest BCUT2D eigenvalue weighted by atomic mass is 9.70. The molecule has 3 atom stereocenters. The summed E-state index contributed by atoms with van der Waals surface area (Å²) < 4.78 is 0. The standard InChI is InChI=1S/C15H21NO2/c1-3-11-4-5-13(15(17)18)14(7-11)12-6-10(2)8-16-9-12/h6,8-9,11,13-14H,3-5,7H2,1-2H3,(H,17,18). The summed E-state index contributed by atoms with van der Waals surface area (Å²) in [7, 11) is 0. The number of hydrogen-bond donors (Lipinski definition) is 1. The number of carboxylic acids is 1. The molecule has 1 aliphatic rings. The van der Waals surface area contributed by atoms with E-state index in [1.807, 2.05) is 19.3 Å². The topological polar surface area (TPSA) is 50.2 Å². The predicted molar refractivity (Wildman–Crippen MR) is 70.5 cm³/mol. The second-order valence-corrected chi connectivity index (χ2v) is 5.43. The zero-order valence-corrected chi connectivity index (χ0v) is 11.1. The highest BCUT2D eigenvalue weighted by Gasteiger charge is 2.35.